The largest absolute Gasteiger partial charge is 0.287 e. The molecule has 1 unspecified atom stereocenters. The molecule has 1 aliphatic carbocycles. The monoisotopic (exact) mass is 368 g/mol. The summed E-state index contributed by atoms with van der Waals surface area (Å²) in [5.41, 5.74) is -1.41. The van der Waals surface area contributed by atoms with Crippen LogP contribution in [0.25, 0.3) is 0 Å². The summed E-state index contributed by atoms with van der Waals surface area (Å²) in [5, 5.41) is 0. The van der Waals surface area contributed by atoms with E-state index in [0.29, 0.717) is 0 Å². The zero-order valence-corrected chi connectivity index (χ0v) is 13.4. The van der Waals surface area contributed by atoms with Gasteiger partial charge in [-0.3, -0.25) is 4.90 Å². The first-order valence-corrected chi connectivity index (χ1v) is 8.09. The molecule has 24 heavy (non-hydrogen) atoms. The van der Waals surface area contributed by atoms with E-state index in [0.717, 1.165) is 0 Å². The Balaban J connectivity index is 2.60. The summed E-state index contributed by atoms with van der Waals surface area (Å²) in [7, 11) is -2.08. The Hall–Kier alpha value is -1.78. The number of benzene rings is 1. The van der Waals surface area contributed by atoms with Crippen molar-refractivity contribution < 1.29 is 30.4 Å². The van der Waals surface area contributed by atoms with Gasteiger partial charge in [0, 0.05) is 6.42 Å². The van der Waals surface area contributed by atoms with E-state index in [1.54, 1.807) is 12.2 Å². The van der Waals surface area contributed by atoms with Crippen LogP contribution in [-0.4, -0.2) is 33.1 Å². The molecule has 0 saturated carbocycles. The number of allylic oxidation sites excluding steroid dienone is 2. The van der Waals surface area contributed by atoms with Crippen molar-refractivity contribution in [3.05, 3.63) is 53.4 Å². The van der Waals surface area contributed by atoms with Crippen molar-refractivity contribution in [2.45, 2.75) is 17.0 Å². The van der Waals surface area contributed by atoms with Crippen molar-refractivity contribution in [3.8, 4) is 0 Å². The fourth-order valence-electron chi connectivity index (χ4n) is 2.21. The number of nitrogens with one attached hydrogen (secondary N) is 1. The summed E-state index contributed by atoms with van der Waals surface area (Å²) in [6, 6.07) is 0. The van der Waals surface area contributed by atoms with Crippen LogP contribution in [0.3, 0.4) is 0 Å². The van der Waals surface area contributed by atoms with Gasteiger partial charge in [0.05, 0.1) is 0 Å². The second-order valence-corrected chi connectivity index (χ2v) is 6.93. The standard InChI is InChI=1S/C14H13F5N2O2S/c1-21(2)14(6-4-3-5-7-14)20-24(22,23)13-11(18)9(16)8(15)10(17)12(13)19/h3-6,20H,7H2,1-2H3. The van der Waals surface area contributed by atoms with Gasteiger partial charge in [-0.25, -0.2) is 30.4 Å². The summed E-state index contributed by atoms with van der Waals surface area (Å²) in [4.78, 5) is -0.514. The van der Waals surface area contributed by atoms with Gasteiger partial charge < -0.3 is 0 Å². The van der Waals surface area contributed by atoms with E-state index in [2.05, 4.69) is 0 Å². The third-order valence-electron chi connectivity index (χ3n) is 3.60. The van der Waals surface area contributed by atoms with Crippen molar-refractivity contribution in [1.29, 1.82) is 0 Å². The van der Waals surface area contributed by atoms with E-state index in [4.69, 9.17) is 0 Å². The minimum atomic E-state index is -5.06. The van der Waals surface area contributed by atoms with Gasteiger partial charge in [0.2, 0.25) is 15.8 Å². The van der Waals surface area contributed by atoms with E-state index in [-0.39, 0.29) is 6.42 Å². The summed E-state index contributed by atoms with van der Waals surface area (Å²) in [6.45, 7) is 0. The average Bonchev–Trinajstić information content (AvgIpc) is 2.51. The SMILES string of the molecule is CN(C)C1(NS(=O)(=O)c2c(F)c(F)c(F)c(F)c2F)C=CC=CC1. The van der Waals surface area contributed by atoms with E-state index >= 15 is 0 Å². The Morgan fingerprint density at radius 2 is 1.46 bits per heavy atom. The number of rotatable bonds is 4. The molecule has 0 saturated heterocycles. The third-order valence-corrected chi connectivity index (χ3v) is 5.11. The van der Waals surface area contributed by atoms with Crippen molar-refractivity contribution in [2.75, 3.05) is 14.1 Å². The van der Waals surface area contributed by atoms with E-state index in [1.165, 1.54) is 31.1 Å². The molecule has 1 aromatic rings. The Morgan fingerprint density at radius 1 is 0.958 bits per heavy atom. The normalized spacial score (nSPS) is 20.8. The highest BCUT2D eigenvalue weighted by Gasteiger charge is 2.40. The van der Waals surface area contributed by atoms with Crippen LogP contribution in [0, 0.1) is 29.1 Å². The first-order valence-electron chi connectivity index (χ1n) is 6.61. The molecule has 4 nitrogen and oxygen atoms in total. The summed E-state index contributed by atoms with van der Waals surface area (Å²) < 4.78 is 93.9. The molecule has 1 aromatic carbocycles. The Kier molecular flexibility index (Phi) is 4.84. The van der Waals surface area contributed by atoms with Crippen molar-refractivity contribution >= 4 is 10.0 Å². The smallest absolute Gasteiger partial charge is 0.248 e. The lowest BCUT2D eigenvalue weighted by Gasteiger charge is -2.38. The van der Waals surface area contributed by atoms with E-state index in [1.807, 2.05) is 4.72 Å². The fourth-order valence-corrected chi connectivity index (χ4v) is 3.76. The first kappa shape index (κ1) is 18.6. The van der Waals surface area contributed by atoms with Crippen molar-refractivity contribution in [3.63, 3.8) is 0 Å². The lowest BCUT2D eigenvalue weighted by Crippen LogP contribution is -2.57. The maximum absolute atomic E-state index is 13.8. The van der Waals surface area contributed by atoms with Gasteiger partial charge in [0.1, 0.15) is 5.66 Å². The molecule has 10 heteroatoms. The first-order chi connectivity index (χ1) is 11.0. The molecule has 0 aromatic heterocycles. The second kappa shape index (κ2) is 6.26. The number of halogens is 5. The van der Waals surface area contributed by atoms with Gasteiger partial charge in [-0.1, -0.05) is 18.2 Å². The summed E-state index contributed by atoms with van der Waals surface area (Å²) in [6.07, 6.45) is 6.18. The lowest BCUT2D eigenvalue weighted by atomic mass is 10.0. The van der Waals surface area contributed by atoms with Gasteiger partial charge in [-0.15, -0.1) is 0 Å². The highest BCUT2D eigenvalue weighted by molar-refractivity contribution is 7.89. The maximum atomic E-state index is 13.8. The van der Waals surface area contributed by atoms with Gasteiger partial charge in [0.15, 0.2) is 28.2 Å². The third kappa shape index (κ3) is 2.96. The second-order valence-electron chi connectivity index (χ2n) is 5.31. The molecule has 0 heterocycles. The predicted octanol–water partition coefficient (Wildman–Crippen LogP) is 2.43. The molecule has 1 atom stereocenters. The van der Waals surface area contributed by atoms with Crippen molar-refractivity contribution in [2.24, 2.45) is 0 Å². The molecule has 0 spiro atoms. The van der Waals surface area contributed by atoms with Gasteiger partial charge in [-0.2, -0.15) is 4.72 Å². The minimum Gasteiger partial charge on any atom is -0.287 e. The Morgan fingerprint density at radius 3 is 1.88 bits per heavy atom. The minimum absolute atomic E-state index is 0.0884. The van der Waals surface area contributed by atoms with Crippen LogP contribution in [0.5, 0.6) is 0 Å². The molecule has 0 radical (unpaired) electrons. The van der Waals surface area contributed by atoms with Crippen LogP contribution < -0.4 is 4.72 Å². The number of hydrogen-bond acceptors (Lipinski definition) is 3. The summed E-state index contributed by atoms with van der Waals surface area (Å²) in [5.74, 6) is -11.9. The number of sulfonamides is 1. The summed E-state index contributed by atoms with van der Waals surface area (Å²) >= 11 is 0. The quantitative estimate of drug-likeness (QED) is 0.384. The predicted molar refractivity (Wildman–Crippen MR) is 75.9 cm³/mol. The molecule has 0 aliphatic heterocycles. The number of likely N-dealkylation sites (N-methyl/N-ethyl adjacent to an activating group) is 1. The molecule has 0 amide bonds. The van der Waals surface area contributed by atoms with Crippen LogP contribution >= 0.6 is 0 Å². The van der Waals surface area contributed by atoms with Crippen LogP contribution in [0.1, 0.15) is 6.42 Å². The van der Waals surface area contributed by atoms with E-state index in [9.17, 15) is 30.4 Å². The fraction of sp³-hybridized carbons (Fsp3) is 0.286. The molecular formula is C14H13F5N2O2S. The molecule has 1 N–H and O–H groups in total. The molecule has 132 valence electrons. The highest BCUT2D eigenvalue weighted by atomic mass is 32.2. The van der Waals surface area contributed by atoms with Crippen LogP contribution in [0.2, 0.25) is 0 Å². The van der Waals surface area contributed by atoms with Crippen LogP contribution in [0.4, 0.5) is 22.0 Å². The zero-order chi connectivity index (χ0) is 18.3. The van der Waals surface area contributed by atoms with E-state index < -0.39 is 49.7 Å². The molecule has 0 bridgehead atoms. The Bertz CT molecular complexity index is 807. The van der Waals surface area contributed by atoms with Crippen LogP contribution in [-0.2, 0) is 10.0 Å². The topological polar surface area (TPSA) is 49.4 Å². The Labute approximate surface area is 135 Å². The van der Waals surface area contributed by atoms with Gasteiger partial charge in [0.25, 0.3) is 0 Å². The molecule has 0 fully saturated rings. The van der Waals surface area contributed by atoms with Gasteiger partial charge >= 0.3 is 0 Å². The van der Waals surface area contributed by atoms with Crippen LogP contribution in [0.15, 0.2) is 29.2 Å². The number of hydrogen-bond donors (Lipinski definition) is 1. The zero-order valence-electron chi connectivity index (χ0n) is 12.6. The van der Waals surface area contributed by atoms with Gasteiger partial charge in [-0.05, 0) is 20.2 Å². The highest BCUT2D eigenvalue weighted by Crippen LogP contribution is 2.29. The molecular weight excluding hydrogens is 355 g/mol. The molecule has 2 rings (SSSR count). The maximum Gasteiger partial charge on any atom is 0.248 e. The lowest BCUT2D eigenvalue weighted by molar-refractivity contribution is 0.192. The van der Waals surface area contributed by atoms with Crippen molar-refractivity contribution in [1.82, 2.24) is 9.62 Å². The average molecular weight is 368 g/mol. The molecule has 1 aliphatic rings. The number of nitrogens with zero attached hydrogens (tertiary/aromatic N) is 1.